The number of aromatic nitrogens is 1. The molecule has 0 fully saturated rings. The number of hydrogen-bond donors (Lipinski definition) is 0. The van der Waals surface area contributed by atoms with E-state index in [0.29, 0.717) is 9.64 Å². The molecule has 2 aromatic carbocycles. The predicted molar refractivity (Wildman–Crippen MR) is 93.0 cm³/mol. The van der Waals surface area contributed by atoms with Gasteiger partial charge in [-0.15, -0.1) is 11.3 Å². The van der Waals surface area contributed by atoms with Crippen LogP contribution < -0.4 is 0 Å². The Morgan fingerprint density at radius 2 is 1.83 bits per heavy atom. The fourth-order valence-electron chi connectivity index (χ4n) is 2.24. The summed E-state index contributed by atoms with van der Waals surface area (Å²) in [6.45, 7) is 0. The number of hydrogen-bond acceptors (Lipinski definition) is 4. The third-order valence-electron chi connectivity index (χ3n) is 3.34. The maximum atomic E-state index is 13.5. The van der Waals surface area contributed by atoms with Crippen LogP contribution in [0.2, 0.25) is 0 Å². The second-order valence-electron chi connectivity index (χ2n) is 5.00. The standard InChI is InChI=1S/C16H12FNO2S3/c1-23(19,20)14-7-5-11(6-8-14)15-10-22-16(21)18(15)13-4-2-3-12(17)9-13/h2-10H,1H3. The first-order valence-electron chi connectivity index (χ1n) is 6.63. The molecule has 23 heavy (non-hydrogen) atoms. The monoisotopic (exact) mass is 365 g/mol. The van der Waals surface area contributed by atoms with Gasteiger partial charge in [-0.25, -0.2) is 12.8 Å². The van der Waals surface area contributed by atoms with Crippen molar-refractivity contribution in [3.8, 4) is 16.9 Å². The van der Waals surface area contributed by atoms with Gasteiger partial charge in [0.1, 0.15) is 5.82 Å². The summed E-state index contributed by atoms with van der Waals surface area (Å²) in [5, 5.41) is 1.88. The van der Waals surface area contributed by atoms with Gasteiger partial charge in [0.05, 0.1) is 16.3 Å². The number of halogens is 1. The molecule has 3 nitrogen and oxygen atoms in total. The van der Waals surface area contributed by atoms with Crippen LogP contribution in [0.15, 0.2) is 58.8 Å². The van der Waals surface area contributed by atoms with Crippen LogP contribution in [-0.4, -0.2) is 19.2 Å². The van der Waals surface area contributed by atoms with E-state index in [4.69, 9.17) is 12.2 Å². The Morgan fingerprint density at radius 1 is 1.13 bits per heavy atom. The zero-order valence-electron chi connectivity index (χ0n) is 12.1. The van der Waals surface area contributed by atoms with Crippen molar-refractivity contribution in [2.24, 2.45) is 0 Å². The number of nitrogens with zero attached hydrogens (tertiary/aromatic N) is 1. The minimum atomic E-state index is -3.24. The molecule has 0 aliphatic carbocycles. The van der Waals surface area contributed by atoms with Crippen molar-refractivity contribution in [2.45, 2.75) is 4.90 Å². The summed E-state index contributed by atoms with van der Waals surface area (Å²) in [6, 6.07) is 12.8. The van der Waals surface area contributed by atoms with Crippen LogP contribution in [0.3, 0.4) is 0 Å². The zero-order chi connectivity index (χ0) is 16.6. The molecule has 0 unspecified atom stereocenters. The molecule has 3 rings (SSSR count). The van der Waals surface area contributed by atoms with Crippen LogP contribution in [0.1, 0.15) is 0 Å². The number of sulfone groups is 1. The zero-order valence-corrected chi connectivity index (χ0v) is 14.5. The topological polar surface area (TPSA) is 39.1 Å². The molecule has 0 bridgehead atoms. The molecule has 1 heterocycles. The lowest BCUT2D eigenvalue weighted by atomic mass is 10.1. The molecule has 118 valence electrons. The molecule has 0 aliphatic heterocycles. The van der Waals surface area contributed by atoms with Crippen molar-refractivity contribution in [1.82, 2.24) is 4.57 Å². The predicted octanol–water partition coefficient (Wildman–Crippen LogP) is 4.48. The lowest BCUT2D eigenvalue weighted by molar-refractivity contribution is 0.602. The van der Waals surface area contributed by atoms with Crippen LogP contribution in [-0.2, 0) is 9.84 Å². The van der Waals surface area contributed by atoms with Gasteiger partial charge in [-0.05, 0) is 48.1 Å². The first-order chi connectivity index (χ1) is 10.9. The molecule has 3 aromatic rings. The van der Waals surface area contributed by atoms with E-state index in [1.165, 1.54) is 29.7 Å². The maximum absolute atomic E-state index is 13.5. The molecule has 0 saturated carbocycles. The van der Waals surface area contributed by atoms with Crippen LogP contribution in [0, 0.1) is 9.77 Å². The Balaban J connectivity index is 2.14. The van der Waals surface area contributed by atoms with E-state index in [9.17, 15) is 12.8 Å². The minimum Gasteiger partial charge on any atom is -0.291 e. The Kier molecular flexibility index (Phi) is 4.18. The van der Waals surface area contributed by atoms with Crippen LogP contribution in [0.5, 0.6) is 0 Å². The minimum absolute atomic E-state index is 0.257. The molecule has 0 radical (unpaired) electrons. The molecule has 0 amide bonds. The van der Waals surface area contributed by atoms with Gasteiger partial charge in [-0.1, -0.05) is 18.2 Å². The third-order valence-corrected chi connectivity index (χ3v) is 5.66. The molecule has 0 saturated heterocycles. The first kappa shape index (κ1) is 16.0. The normalized spacial score (nSPS) is 11.6. The van der Waals surface area contributed by atoms with E-state index < -0.39 is 9.84 Å². The third kappa shape index (κ3) is 3.26. The van der Waals surface area contributed by atoms with Gasteiger partial charge in [-0.2, -0.15) is 0 Å². The summed E-state index contributed by atoms with van der Waals surface area (Å²) in [4.78, 5) is 0.257. The summed E-state index contributed by atoms with van der Waals surface area (Å²) in [5.74, 6) is -0.339. The molecular formula is C16H12FNO2S3. The van der Waals surface area contributed by atoms with Crippen molar-refractivity contribution >= 4 is 33.4 Å². The summed E-state index contributed by atoms with van der Waals surface area (Å²) in [5.41, 5.74) is 2.25. The van der Waals surface area contributed by atoms with Crippen molar-refractivity contribution in [2.75, 3.05) is 6.26 Å². The molecule has 1 aromatic heterocycles. The van der Waals surface area contributed by atoms with Crippen molar-refractivity contribution in [3.05, 3.63) is 63.7 Å². The van der Waals surface area contributed by atoms with Gasteiger partial charge in [0.15, 0.2) is 13.8 Å². The van der Waals surface area contributed by atoms with Crippen LogP contribution in [0.4, 0.5) is 4.39 Å². The second-order valence-corrected chi connectivity index (χ2v) is 8.52. The largest absolute Gasteiger partial charge is 0.291 e. The van der Waals surface area contributed by atoms with Gasteiger partial charge < -0.3 is 0 Å². The van der Waals surface area contributed by atoms with Crippen molar-refractivity contribution < 1.29 is 12.8 Å². The quantitative estimate of drug-likeness (QED) is 0.643. The lowest BCUT2D eigenvalue weighted by Crippen LogP contribution is -1.99. The second kappa shape index (κ2) is 5.99. The van der Waals surface area contributed by atoms with Gasteiger partial charge in [-0.3, -0.25) is 4.57 Å². The average Bonchev–Trinajstić information content (AvgIpc) is 2.88. The molecule has 7 heteroatoms. The van der Waals surface area contributed by atoms with E-state index in [-0.39, 0.29) is 10.7 Å². The molecule has 0 aliphatic rings. The lowest BCUT2D eigenvalue weighted by Gasteiger charge is -2.09. The highest BCUT2D eigenvalue weighted by atomic mass is 32.2. The van der Waals surface area contributed by atoms with Crippen LogP contribution >= 0.6 is 23.6 Å². The fraction of sp³-hybridized carbons (Fsp3) is 0.0625. The Labute approximate surface area is 142 Å². The van der Waals surface area contributed by atoms with Gasteiger partial charge in [0.25, 0.3) is 0 Å². The smallest absolute Gasteiger partial charge is 0.175 e. The van der Waals surface area contributed by atoms with E-state index >= 15 is 0 Å². The number of rotatable bonds is 3. The molecular weight excluding hydrogens is 353 g/mol. The van der Waals surface area contributed by atoms with Gasteiger partial charge >= 0.3 is 0 Å². The van der Waals surface area contributed by atoms with E-state index in [2.05, 4.69) is 0 Å². The summed E-state index contributed by atoms with van der Waals surface area (Å²) >= 11 is 6.72. The van der Waals surface area contributed by atoms with Gasteiger partial charge in [0, 0.05) is 11.6 Å². The molecule has 0 atom stereocenters. The van der Waals surface area contributed by atoms with E-state index in [1.54, 1.807) is 41.0 Å². The summed E-state index contributed by atoms with van der Waals surface area (Å²) in [6.07, 6.45) is 1.17. The SMILES string of the molecule is CS(=O)(=O)c1ccc(-c2csc(=S)n2-c2cccc(F)c2)cc1. The average molecular weight is 365 g/mol. The Hall–Kier alpha value is -1.83. The van der Waals surface area contributed by atoms with Crippen molar-refractivity contribution in [1.29, 1.82) is 0 Å². The van der Waals surface area contributed by atoms with E-state index in [1.807, 2.05) is 5.38 Å². The number of thiazole rings is 1. The molecule has 0 spiro atoms. The highest BCUT2D eigenvalue weighted by Crippen LogP contribution is 2.28. The fourth-order valence-corrected chi connectivity index (χ4v) is 3.98. The highest BCUT2D eigenvalue weighted by molar-refractivity contribution is 7.90. The Bertz CT molecular complexity index is 1020. The van der Waals surface area contributed by atoms with Gasteiger partial charge in [0.2, 0.25) is 0 Å². The summed E-state index contributed by atoms with van der Waals surface area (Å²) < 4.78 is 39.0. The maximum Gasteiger partial charge on any atom is 0.175 e. The number of benzene rings is 2. The Morgan fingerprint density at radius 3 is 2.43 bits per heavy atom. The summed E-state index contributed by atoms with van der Waals surface area (Å²) in [7, 11) is -3.24. The molecule has 0 N–H and O–H groups in total. The first-order valence-corrected chi connectivity index (χ1v) is 9.81. The highest BCUT2D eigenvalue weighted by Gasteiger charge is 2.12. The van der Waals surface area contributed by atoms with Crippen molar-refractivity contribution in [3.63, 3.8) is 0 Å². The van der Waals surface area contributed by atoms with E-state index in [0.717, 1.165) is 11.3 Å². The van der Waals surface area contributed by atoms with Crippen LogP contribution in [0.25, 0.3) is 16.9 Å².